The maximum atomic E-state index is 9.33. The lowest BCUT2D eigenvalue weighted by atomic mass is 9.78. The Hall–Kier alpha value is -1.55. The van der Waals surface area contributed by atoms with Crippen LogP contribution in [-0.2, 0) is 14.0 Å². The van der Waals surface area contributed by atoms with Gasteiger partial charge < -0.3 is 18.8 Å². The molecular formula is C16H20BNO4. The van der Waals surface area contributed by atoms with Crippen molar-refractivity contribution in [3.8, 4) is 11.8 Å². The Labute approximate surface area is 131 Å². The molecule has 22 heavy (non-hydrogen) atoms. The highest BCUT2D eigenvalue weighted by Gasteiger charge is 2.51. The molecule has 0 saturated carbocycles. The number of epoxide rings is 1. The van der Waals surface area contributed by atoms with Gasteiger partial charge in [0.2, 0.25) is 0 Å². The van der Waals surface area contributed by atoms with E-state index in [-0.39, 0.29) is 6.10 Å². The fraction of sp³-hybridized carbons (Fsp3) is 0.562. The standard InChI is InChI=1S/C16H20BNO4/c1-15(2)16(3,4)22-17(21-15)12-5-6-14(11(7-12)8-18)20-10-13-9-19-13/h5-7,13H,9-10H2,1-4H3. The molecule has 0 radical (unpaired) electrons. The molecule has 2 aliphatic heterocycles. The third-order valence-corrected chi connectivity index (χ3v) is 4.48. The molecule has 2 saturated heterocycles. The molecule has 0 amide bonds. The molecule has 2 fully saturated rings. The highest BCUT2D eigenvalue weighted by atomic mass is 16.7. The minimum Gasteiger partial charge on any atom is -0.489 e. The smallest absolute Gasteiger partial charge is 0.489 e. The van der Waals surface area contributed by atoms with Gasteiger partial charge in [0, 0.05) is 0 Å². The summed E-state index contributed by atoms with van der Waals surface area (Å²) in [5.41, 5.74) is 0.504. The Morgan fingerprint density at radius 2 is 1.91 bits per heavy atom. The van der Waals surface area contributed by atoms with Crippen molar-refractivity contribution in [2.24, 2.45) is 0 Å². The predicted octanol–water partition coefficient (Wildman–Crippen LogP) is 1.64. The second-order valence-corrected chi connectivity index (χ2v) is 6.72. The van der Waals surface area contributed by atoms with Crippen LogP contribution in [0.15, 0.2) is 18.2 Å². The monoisotopic (exact) mass is 301 g/mol. The maximum absolute atomic E-state index is 9.33. The van der Waals surface area contributed by atoms with Crippen molar-refractivity contribution >= 4 is 12.6 Å². The highest BCUT2D eigenvalue weighted by Crippen LogP contribution is 2.36. The highest BCUT2D eigenvalue weighted by molar-refractivity contribution is 6.62. The third kappa shape index (κ3) is 2.85. The van der Waals surface area contributed by atoms with Gasteiger partial charge in [-0.1, -0.05) is 6.07 Å². The van der Waals surface area contributed by atoms with Gasteiger partial charge in [0.05, 0.1) is 23.4 Å². The van der Waals surface area contributed by atoms with Crippen LogP contribution in [0.3, 0.4) is 0 Å². The lowest BCUT2D eigenvalue weighted by molar-refractivity contribution is 0.00578. The van der Waals surface area contributed by atoms with Crippen molar-refractivity contribution in [3.05, 3.63) is 23.8 Å². The summed E-state index contributed by atoms with van der Waals surface area (Å²) in [7, 11) is -0.474. The first-order valence-corrected chi connectivity index (χ1v) is 7.46. The van der Waals surface area contributed by atoms with E-state index in [4.69, 9.17) is 18.8 Å². The van der Waals surface area contributed by atoms with Crippen LogP contribution in [-0.4, -0.2) is 37.6 Å². The Morgan fingerprint density at radius 1 is 1.27 bits per heavy atom. The van der Waals surface area contributed by atoms with E-state index >= 15 is 0 Å². The molecule has 1 atom stereocenters. The lowest BCUT2D eigenvalue weighted by Gasteiger charge is -2.32. The molecular weight excluding hydrogens is 281 g/mol. The number of hydrogen-bond donors (Lipinski definition) is 0. The lowest BCUT2D eigenvalue weighted by Crippen LogP contribution is -2.41. The average molecular weight is 301 g/mol. The molecule has 0 aromatic heterocycles. The summed E-state index contributed by atoms with van der Waals surface area (Å²) in [6.07, 6.45) is 0.161. The van der Waals surface area contributed by atoms with Gasteiger partial charge in [0.15, 0.2) is 0 Å². The van der Waals surface area contributed by atoms with Crippen LogP contribution in [0.25, 0.3) is 0 Å². The molecule has 1 aromatic rings. The van der Waals surface area contributed by atoms with Crippen LogP contribution in [0.4, 0.5) is 0 Å². The molecule has 5 nitrogen and oxygen atoms in total. The fourth-order valence-electron chi connectivity index (χ4n) is 2.23. The molecule has 0 N–H and O–H groups in total. The van der Waals surface area contributed by atoms with E-state index < -0.39 is 18.3 Å². The molecule has 0 spiro atoms. The van der Waals surface area contributed by atoms with E-state index in [9.17, 15) is 5.26 Å². The van der Waals surface area contributed by atoms with E-state index in [2.05, 4.69) is 6.07 Å². The van der Waals surface area contributed by atoms with E-state index in [1.54, 1.807) is 12.1 Å². The molecule has 2 heterocycles. The van der Waals surface area contributed by atoms with E-state index in [0.717, 1.165) is 12.1 Å². The van der Waals surface area contributed by atoms with Crippen molar-refractivity contribution in [3.63, 3.8) is 0 Å². The first-order chi connectivity index (χ1) is 10.3. The van der Waals surface area contributed by atoms with Crippen LogP contribution < -0.4 is 10.2 Å². The number of nitrogens with zero attached hydrogens (tertiary/aromatic N) is 1. The second-order valence-electron chi connectivity index (χ2n) is 6.72. The minimum atomic E-state index is -0.474. The quantitative estimate of drug-likeness (QED) is 0.625. The van der Waals surface area contributed by atoms with Gasteiger partial charge in [0.25, 0.3) is 0 Å². The summed E-state index contributed by atoms with van der Waals surface area (Å²) in [6.45, 7) is 9.23. The largest absolute Gasteiger partial charge is 0.494 e. The minimum absolute atomic E-state index is 0.161. The summed E-state index contributed by atoms with van der Waals surface area (Å²) in [5.74, 6) is 0.568. The number of hydrogen-bond acceptors (Lipinski definition) is 5. The SMILES string of the molecule is CC1(C)OB(c2ccc(OCC3CO3)c(C#N)c2)OC1(C)C. The summed E-state index contributed by atoms with van der Waals surface area (Å²) in [5, 5.41) is 9.33. The zero-order chi connectivity index (χ0) is 16.0. The van der Waals surface area contributed by atoms with E-state index in [1.165, 1.54) is 0 Å². The summed E-state index contributed by atoms with van der Waals surface area (Å²) >= 11 is 0. The number of rotatable bonds is 4. The van der Waals surface area contributed by atoms with Gasteiger partial charge in [-0.25, -0.2) is 0 Å². The van der Waals surface area contributed by atoms with Gasteiger partial charge in [-0.2, -0.15) is 5.26 Å². The average Bonchev–Trinajstić information content (AvgIpc) is 3.24. The molecule has 2 aliphatic rings. The van der Waals surface area contributed by atoms with Gasteiger partial charge in [-0.3, -0.25) is 0 Å². The molecule has 3 rings (SSSR count). The van der Waals surface area contributed by atoms with E-state index in [0.29, 0.717) is 17.9 Å². The second kappa shape index (κ2) is 5.27. The van der Waals surface area contributed by atoms with Crippen molar-refractivity contribution in [2.75, 3.05) is 13.2 Å². The van der Waals surface area contributed by atoms with Crippen LogP contribution in [0.2, 0.25) is 0 Å². The third-order valence-electron chi connectivity index (χ3n) is 4.48. The van der Waals surface area contributed by atoms with Gasteiger partial charge in [-0.15, -0.1) is 0 Å². The first-order valence-electron chi connectivity index (χ1n) is 7.46. The van der Waals surface area contributed by atoms with Crippen molar-refractivity contribution in [1.29, 1.82) is 5.26 Å². The molecule has 0 aliphatic carbocycles. The van der Waals surface area contributed by atoms with Crippen LogP contribution in [0.5, 0.6) is 5.75 Å². The Kier molecular flexibility index (Phi) is 3.68. The zero-order valence-electron chi connectivity index (χ0n) is 13.4. The Bertz CT molecular complexity index is 603. The maximum Gasteiger partial charge on any atom is 0.494 e. The normalized spacial score (nSPS) is 24.9. The van der Waals surface area contributed by atoms with Gasteiger partial charge >= 0.3 is 7.12 Å². The number of nitriles is 1. The van der Waals surface area contributed by atoms with Crippen LogP contribution in [0, 0.1) is 11.3 Å². The molecule has 116 valence electrons. The first kappa shape index (κ1) is 15.4. The number of ether oxygens (including phenoxy) is 2. The summed E-state index contributed by atoms with van der Waals surface area (Å²) in [4.78, 5) is 0. The number of benzene rings is 1. The summed E-state index contributed by atoms with van der Waals surface area (Å²) in [6, 6.07) is 7.61. The van der Waals surface area contributed by atoms with Gasteiger partial charge in [-0.05, 0) is 45.3 Å². The van der Waals surface area contributed by atoms with Gasteiger partial charge in [0.1, 0.15) is 24.5 Å². The van der Waals surface area contributed by atoms with Crippen molar-refractivity contribution < 1.29 is 18.8 Å². The Balaban J connectivity index is 1.79. The zero-order valence-corrected chi connectivity index (χ0v) is 13.4. The summed E-state index contributed by atoms with van der Waals surface area (Å²) < 4.78 is 22.7. The molecule has 6 heteroatoms. The van der Waals surface area contributed by atoms with Crippen LogP contribution in [0.1, 0.15) is 33.3 Å². The Morgan fingerprint density at radius 3 is 2.45 bits per heavy atom. The van der Waals surface area contributed by atoms with Crippen molar-refractivity contribution in [1.82, 2.24) is 0 Å². The van der Waals surface area contributed by atoms with Crippen LogP contribution >= 0.6 is 0 Å². The molecule has 0 bridgehead atoms. The molecule has 1 unspecified atom stereocenters. The fourth-order valence-corrected chi connectivity index (χ4v) is 2.23. The predicted molar refractivity (Wildman–Crippen MR) is 82.1 cm³/mol. The topological polar surface area (TPSA) is 64.0 Å². The van der Waals surface area contributed by atoms with Crippen molar-refractivity contribution in [2.45, 2.75) is 45.0 Å². The van der Waals surface area contributed by atoms with E-state index in [1.807, 2.05) is 33.8 Å². The molecule has 1 aromatic carbocycles.